The molecule has 0 radical (unpaired) electrons. The molecule has 0 saturated heterocycles. The Hall–Kier alpha value is -2.40. The maximum absolute atomic E-state index is 14.6. The Morgan fingerprint density at radius 2 is 1.34 bits per heavy atom. The summed E-state index contributed by atoms with van der Waals surface area (Å²) in [6.07, 6.45) is 0. The first-order valence-electron chi connectivity index (χ1n) is 10.5. The van der Waals surface area contributed by atoms with Crippen LogP contribution in [0.25, 0.3) is 22.3 Å². The Kier molecular flexibility index (Phi) is 6.41. The summed E-state index contributed by atoms with van der Waals surface area (Å²) in [4.78, 5) is 13.0. The molecule has 0 N–H and O–H groups in total. The van der Waals surface area contributed by atoms with E-state index in [1.54, 1.807) is 48.5 Å². The van der Waals surface area contributed by atoms with Crippen molar-refractivity contribution in [2.45, 2.75) is 11.4 Å². The van der Waals surface area contributed by atoms with E-state index in [9.17, 15) is 17.6 Å². The number of sulfonamides is 1. The van der Waals surface area contributed by atoms with Crippen molar-refractivity contribution < 1.29 is 12.8 Å². The Morgan fingerprint density at radius 1 is 0.800 bits per heavy atom. The molecule has 178 valence electrons. The molecule has 3 aromatic carbocycles. The van der Waals surface area contributed by atoms with Crippen molar-refractivity contribution in [3.8, 4) is 22.3 Å². The smallest absolute Gasteiger partial charge is 0.268 e. The van der Waals surface area contributed by atoms with E-state index in [1.807, 2.05) is 22.6 Å². The molecule has 0 saturated carbocycles. The van der Waals surface area contributed by atoms with Crippen molar-refractivity contribution in [2.75, 3.05) is 10.8 Å². The summed E-state index contributed by atoms with van der Waals surface area (Å²) in [7, 11) is -4.31. The first kappa shape index (κ1) is 24.3. The minimum Gasteiger partial charge on any atom is -0.291 e. The van der Waals surface area contributed by atoms with E-state index in [1.165, 1.54) is 22.8 Å². The van der Waals surface area contributed by atoms with Gasteiger partial charge in [0, 0.05) is 27.7 Å². The van der Waals surface area contributed by atoms with Crippen molar-refractivity contribution in [3.63, 3.8) is 0 Å². The molecule has 0 spiro atoms. The lowest BCUT2D eigenvalue weighted by Crippen LogP contribution is -2.31. The van der Waals surface area contributed by atoms with Crippen molar-refractivity contribution >= 4 is 61.6 Å². The number of halogens is 4. The van der Waals surface area contributed by atoms with E-state index in [2.05, 4.69) is 0 Å². The first-order valence-corrected chi connectivity index (χ1v) is 13.7. The number of nitrogens with zero attached hydrogens (tertiary/aromatic N) is 2. The summed E-state index contributed by atoms with van der Waals surface area (Å²) < 4.78 is 44.9. The van der Waals surface area contributed by atoms with E-state index in [4.69, 9.17) is 23.2 Å². The topological polar surface area (TPSA) is 59.4 Å². The van der Waals surface area contributed by atoms with Crippen LogP contribution in [-0.2, 0) is 16.6 Å². The van der Waals surface area contributed by atoms with Crippen molar-refractivity contribution in [1.82, 2.24) is 4.57 Å². The number of fused-ring (bicyclic) bond motifs is 1. The molecule has 0 amide bonds. The van der Waals surface area contributed by atoms with Crippen LogP contribution in [0.5, 0.6) is 0 Å². The second-order valence-electron chi connectivity index (χ2n) is 7.87. The quantitative estimate of drug-likeness (QED) is 0.241. The van der Waals surface area contributed by atoms with Crippen LogP contribution in [0.2, 0.25) is 10.0 Å². The van der Waals surface area contributed by atoms with Gasteiger partial charge in [-0.3, -0.25) is 9.36 Å². The predicted octanol–water partition coefficient (Wildman–Crippen LogP) is 6.44. The number of rotatable bonds is 4. The zero-order valence-corrected chi connectivity index (χ0v) is 22.4. The Balaban J connectivity index is 1.87. The van der Waals surface area contributed by atoms with Crippen molar-refractivity contribution in [3.05, 3.63) is 103 Å². The van der Waals surface area contributed by atoms with Gasteiger partial charge >= 0.3 is 0 Å². The monoisotopic (exact) mass is 640 g/mol. The number of pyridine rings is 1. The Labute approximate surface area is 224 Å². The van der Waals surface area contributed by atoms with Crippen LogP contribution in [0.3, 0.4) is 0 Å². The van der Waals surface area contributed by atoms with E-state index in [0.717, 1.165) is 10.4 Å². The van der Waals surface area contributed by atoms with Crippen LogP contribution < -0.4 is 9.86 Å². The molecule has 1 aliphatic rings. The molecule has 4 aromatic rings. The summed E-state index contributed by atoms with van der Waals surface area (Å²) in [5.41, 5.74) is 2.13. The third-order valence-corrected chi connectivity index (χ3v) is 9.14. The van der Waals surface area contributed by atoms with Gasteiger partial charge in [0.2, 0.25) is 0 Å². The van der Waals surface area contributed by atoms with Crippen molar-refractivity contribution in [1.29, 1.82) is 0 Å². The predicted molar refractivity (Wildman–Crippen MR) is 145 cm³/mol. The fourth-order valence-corrected chi connectivity index (χ4v) is 6.89. The average Bonchev–Trinajstić information content (AvgIpc) is 3.29. The molecule has 5 nitrogen and oxygen atoms in total. The molecule has 0 atom stereocenters. The molecule has 1 aromatic heterocycles. The van der Waals surface area contributed by atoms with Gasteiger partial charge in [-0.1, -0.05) is 59.6 Å². The van der Waals surface area contributed by atoms with Crippen molar-refractivity contribution in [2.24, 2.45) is 0 Å². The highest BCUT2D eigenvalue weighted by atomic mass is 127. The Morgan fingerprint density at radius 3 is 1.91 bits per heavy atom. The van der Waals surface area contributed by atoms with Gasteiger partial charge in [-0.25, -0.2) is 17.1 Å². The molecule has 5 rings (SSSR count). The van der Waals surface area contributed by atoms with Crippen LogP contribution in [0.15, 0.2) is 82.5 Å². The first-order chi connectivity index (χ1) is 16.7. The van der Waals surface area contributed by atoms with Gasteiger partial charge in [-0.05, 0) is 70.1 Å². The maximum Gasteiger partial charge on any atom is 0.268 e. The molecule has 10 heteroatoms. The van der Waals surface area contributed by atoms with Gasteiger partial charge < -0.3 is 0 Å². The summed E-state index contributed by atoms with van der Waals surface area (Å²) in [6, 6.07) is 19.1. The lowest BCUT2D eigenvalue weighted by atomic mass is 9.95. The summed E-state index contributed by atoms with van der Waals surface area (Å²) in [6.45, 7) is 0.131. The highest BCUT2D eigenvalue weighted by molar-refractivity contribution is 14.1. The SMILES string of the molecule is O=c1c(I)c(-c2ccc(Cl)cc2)c(-c2ccc(Cl)cc2)c2n1CCN2S(=O)(=O)c1ccccc1F. The second kappa shape index (κ2) is 9.24. The lowest BCUT2D eigenvalue weighted by Gasteiger charge is -2.24. The minimum atomic E-state index is -4.31. The fourth-order valence-electron chi connectivity index (χ4n) is 4.23. The zero-order valence-electron chi connectivity index (χ0n) is 17.9. The number of anilines is 1. The van der Waals surface area contributed by atoms with Gasteiger partial charge in [0.25, 0.3) is 15.6 Å². The lowest BCUT2D eigenvalue weighted by molar-refractivity contribution is 0.564. The minimum absolute atomic E-state index is 0.00729. The zero-order chi connectivity index (χ0) is 24.9. The molecule has 35 heavy (non-hydrogen) atoms. The van der Waals surface area contributed by atoms with Gasteiger partial charge in [-0.15, -0.1) is 0 Å². The standard InChI is InChI=1S/C25H16Cl2FIN2O3S/c26-17-9-5-15(6-10-17)21-22(16-7-11-18(27)12-8-16)24-30(25(32)23(21)29)13-14-31(24)35(33,34)20-4-2-1-3-19(20)28/h1-12H,13-14H2. The van der Waals surface area contributed by atoms with Gasteiger partial charge in [0.05, 0.1) is 10.1 Å². The average molecular weight is 641 g/mol. The third-order valence-electron chi connectivity index (χ3n) is 5.82. The number of aromatic nitrogens is 1. The molecule has 1 aliphatic heterocycles. The van der Waals surface area contributed by atoms with E-state index in [0.29, 0.717) is 35.9 Å². The summed E-state index contributed by atoms with van der Waals surface area (Å²) >= 11 is 14.2. The molecule has 2 heterocycles. The fraction of sp³-hybridized carbons (Fsp3) is 0.0800. The normalized spacial score (nSPS) is 13.2. The van der Waals surface area contributed by atoms with Crippen LogP contribution >= 0.6 is 45.8 Å². The molecule has 0 fully saturated rings. The summed E-state index contributed by atoms with van der Waals surface area (Å²) in [5, 5.41) is 1.04. The number of hydrogen-bond acceptors (Lipinski definition) is 3. The van der Waals surface area contributed by atoms with E-state index >= 15 is 0 Å². The largest absolute Gasteiger partial charge is 0.291 e. The van der Waals surface area contributed by atoms with Crippen LogP contribution in [0.4, 0.5) is 10.2 Å². The Bertz CT molecular complexity index is 1620. The van der Waals surface area contributed by atoms with Crippen LogP contribution in [0.1, 0.15) is 0 Å². The number of hydrogen-bond donors (Lipinski definition) is 0. The molecule has 0 aliphatic carbocycles. The third kappa shape index (κ3) is 4.16. The van der Waals surface area contributed by atoms with Gasteiger partial charge in [0.1, 0.15) is 16.5 Å². The van der Waals surface area contributed by atoms with E-state index < -0.39 is 20.7 Å². The van der Waals surface area contributed by atoms with E-state index in [-0.39, 0.29) is 24.5 Å². The van der Waals surface area contributed by atoms with Gasteiger partial charge in [-0.2, -0.15) is 0 Å². The van der Waals surface area contributed by atoms with Crippen LogP contribution in [-0.4, -0.2) is 19.5 Å². The maximum atomic E-state index is 14.6. The van der Waals surface area contributed by atoms with Gasteiger partial charge in [0.15, 0.2) is 0 Å². The second-order valence-corrected chi connectivity index (χ2v) is 11.6. The molecular formula is C25H16Cl2FIN2O3S. The summed E-state index contributed by atoms with van der Waals surface area (Å²) in [5.74, 6) is -0.671. The highest BCUT2D eigenvalue weighted by Crippen LogP contribution is 2.44. The number of benzene rings is 3. The molecule has 0 unspecified atom stereocenters. The molecule has 0 bridgehead atoms. The molecular weight excluding hydrogens is 625 g/mol. The van der Waals surface area contributed by atoms with Crippen LogP contribution in [0, 0.1) is 9.39 Å². The highest BCUT2D eigenvalue weighted by Gasteiger charge is 2.38.